The highest BCUT2D eigenvalue weighted by atomic mass is 16.7. The van der Waals surface area contributed by atoms with Crippen molar-refractivity contribution in [1.82, 2.24) is 9.80 Å². The maximum atomic E-state index is 14.0. The van der Waals surface area contributed by atoms with E-state index in [2.05, 4.69) is 13.8 Å². The molecule has 3 heterocycles. The minimum Gasteiger partial charge on any atom is -0.468 e. The van der Waals surface area contributed by atoms with Crippen LogP contribution in [0.2, 0.25) is 0 Å². The Morgan fingerprint density at radius 1 is 1.11 bits per heavy atom. The first-order chi connectivity index (χ1) is 17.2. The second-order valence-electron chi connectivity index (χ2n) is 11.4. The van der Waals surface area contributed by atoms with Crippen molar-refractivity contribution in [2.45, 2.75) is 65.3 Å². The van der Waals surface area contributed by atoms with Gasteiger partial charge < -0.3 is 24.0 Å². The normalized spacial score (nSPS) is 26.8. The number of carbonyl (C=O) groups is 3. The molecule has 0 bridgehead atoms. The van der Waals surface area contributed by atoms with Gasteiger partial charge in [0.1, 0.15) is 5.41 Å². The number of esters is 1. The molecule has 8 nitrogen and oxygen atoms in total. The van der Waals surface area contributed by atoms with Crippen LogP contribution in [0, 0.1) is 16.7 Å². The molecule has 2 saturated heterocycles. The van der Waals surface area contributed by atoms with Gasteiger partial charge in [0.05, 0.1) is 13.7 Å². The second kappa shape index (κ2) is 9.45. The van der Waals surface area contributed by atoms with Crippen molar-refractivity contribution in [3.05, 3.63) is 35.5 Å². The summed E-state index contributed by atoms with van der Waals surface area (Å²) in [6.45, 7) is 6.21. The third kappa shape index (κ3) is 4.46. The Kier molecular flexibility index (Phi) is 6.47. The maximum Gasteiger partial charge on any atom is 0.317 e. The maximum absolute atomic E-state index is 14.0. The number of carbonyl (C=O) groups excluding carboxylic acids is 3. The number of fused-ring (bicyclic) bond motifs is 2. The van der Waals surface area contributed by atoms with E-state index >= 15 is 0 Å². The first-order valence-electron chi connectivity index (χ1n) is 13.0. The molecule has 0 unspecified atom stereocenters. The lowest BCUT2D eigenvalue weighted by atomic mass is 9.59. The summed E-state index contributed by atoms with van der Waals surface area (Å²) in [7, 11) is 1.41. The van der Waals surface area contributed by atoms with Crippen molar-refractivity contribution < 1.29 is 28.6 Å². The number of piperidine rings is 2. The molecule has 2 fully saturated rings. The van der Waals surface area contributed by atoms with Crippen molar-refractivity contribution in [3.8, 4) is 11.5 Å². The van der Waals surface area contributed by atoms with Crippen LogP contribution in [0.15, 0.2) is 30.0 Å². The molecule has 3 aliphatic heterocycles. The monoisotopic (exact) mass is 496 g/mol. The van der Waals surface area contributed by atoms with Gasteiger partial charge >= 0.3 is 5.97 Å². The Hall–Kier alpha value is -3.03. The number of likely N-dealkylation sites (tertiary alicyclic amines) is 2. The van der Waals surface area contributed by atoms with Crippen LogP contribution in [0.4, 0.5) is 0 Å². The van der Waals surface area contributed by atoms with Crippen molar-refractivity contribution in [1.29, 1.82) is 0 Å². The van der Waals surface area contributed by atoms with E-state index in [4.69, 9.17) is 14.2 Å². The summed E-state index contributed by atoms with van der Waals surface area (Å²) in [6.07, 6.45) is 6.88. The van der Waals surface area contributed by atoms with Gasteiger partial charge in [0, 0.05) is 31.1 Å². The number of amides is 2. The fourth-order valence-electron chi connectivity index (χ4n) is 6.42. The van der Waals surface area contributed by atoms with Gasteiger partial charge in [0.15, 0.2) is 11.5 Å². The zero-order valence-corrected chi connectivity index (χ0v) is 21.5. The molecular formula is C28H36N2O6. The Labute approximate surface area is 212 Å². The molecule has 0 radical (unpaired) electrons. The Morgan fingerprint density at radius 2 is 1.86 bits per heavy atom. The van der Waals surface area contributed by atoms with Crippen molar-refractivity contribution in [2.24, 2.45) is 16.7 Å². The van der Waals surface area contributed by atoms with Gasteiger partial charge in [-0.25, -0.2) is 0 Å². The van der Waals surface area contributed by atoms with E-state index in [1.54, 1.807) is 4.90 Å². The van der Waals surface area contributed by atoms with E-state index in [9.17, 15) is 14.4 Å². The Morgan fingerprint density at radius 3 is 2.61 bits per heavy atom. The topological polar surface area (TPSA) is 85.4 Å². The highest BCUT2D eigenvalue weighted by Crippen LogP contribution is 2.55. The number of ether oxygens (including phenoxy) is 3. The fourth-order valence-corrected chi connectivity index (χ4v) is 6.42. The zero-order valence-electron chi connectivity index (χ0n) is 21.5. The minimum atomic E-state index is -0.965. The average Bonchev–Trinajstić information content (AvgIpc) is 3.34. The van der Waals surface area contributed by atoms with E-state index in [1.807, 2.05) is 29.2 Å². The molecule has 5 rings (SSSR count). The molecule has 0 saturated carbocycles. The van der Waals surface area contributed by atoms with Gasteiger partial charge in [-0.15, -0.1) is 0 Å². The number of benzene rings is 1. The quantitative estimate of drug-likeness (QED) is 0.573. The summed E-state index contributed by atoms with van der Waals surface area (Å²) in [5.74, 6) is 0.295. The van der Waals surface area contributed by atoms with Crippen LogP contribution in [-0.2, 0) is 25.7 Å². The smallest absolute Gasteiger partial charge is 0.317 e. The van der Waals surface area contributed by atoms with Gasteiger partial charge in [-0.3, -0.25) is 14.4 Å². The van der Waals surface area contributed by atoms with Crippen molar-refractivity contribution >= 4 is 17.8 Å². The van der Waals surface area contributed by atoms with Crippen LogP contribution >= 0.6 is 0 Å². The van der Waals surface area contributed by atoms with Crippen molar-refractivity contribution in [3.63, 3.8) is 0 Å². The van der Waals surface area contributed by atoms with Gasteiger partial charge in [-0.1, -0.05) is 26.0 Å². The zero-order chi connectivity index (χ0) is 25.5. The van der Waals surface area contributed by atoms with Crippen LogP contribution in [0.5, 0.6) is 11.5 Å². The average molecular weight is 497 g/mol. The number of rotatable bonds is 5. The summed E-state index contributed by atoms with van der Waals surface area (Å²) in [5.41, 5.74) is 0.482. The number of hydrogen-bond acceptors (Lipinski definition) is 6. The molecule has 1 aliphatic carbocycles. The van der Waals surface area contributed by atoms with Gasteiger partial charge in [-0.2, -0.15) is 0 Å². The largest absolute Gasteiger partial charge is 0.468 e. The van der Waals surface area contributed by atoms with Gasteiger partial charge in [0.25, 0.3) is 0 Å². The molecule has 1 aromatic carbocycles. The van der Waals surface area contributed by atoms with E-state index < -0.39 is 11.3 Å². The molecule has 4 aliphatic rings. The van der Waals surface area contributed by atoms with E-state index in [1.165, 1.54) is 7.11 Å². The molecule has 2 atom stereocenters. The number of allylic oxidation sites excluding steroid dienone is 1. The van der Waals surface area contributed by atoms with Crippen LogP contribution in [0.25, 0.3) is 0 Å². The fraction of sp³-hybridized carbons (Fsp3) is 0.607. The minimum absolute atomic E-state index is 0.00130. The third-order valence-electron chi connectivity index (χ3n) is 8.10. The lowest BCUT2D eigenvalue weighted by molar-refractivity contribution is -0.163. The third-order valence-corrected chi connectivity index (χ3v) is 8.10. The highest BCUT2D eigenvalue weighted by Gasteiger charge is 2.57. The predicted octanol–water partition coefficient (Wildman–Crippen LogP) is 4.03. The number of nitrogens with zero attached hydrogens (tertiary/aromatic N) is 2. The lowest BCUT2D eigenvalue weighted by Crippen LogP contribution is -2.55. The van der Waals surface area contributed by atoms with E-state index in [0.717, 1.165) is 44.3 Å². The Balaban J connectivity index is 1.50. The molecular weight excluding hydrogens is 460 g/mol. The molecule has 0 aromatic heterocycles. The molecule has 8 heteroatoms. The standard InChI is InChI=1S/C28H36N2O6/c1-27(2)10-9-23-28(17-27,26(33)34-3)15-20(14-24(31)29-11-5-4-6-12-29)25(32)30(23)16-19-7-8-21-22(13-19)36-18-35-21/h7-9,13,20H,4-6,10-12,14-18H2,1-3H3/t20-,28-/m1/s1. The van der Waals surface area contributed by atoms with Gasteiger partial charge in [0.2, 0.25) is 18.6 Å². The molecule has 0 N–H and O–H groups in total. The van der Waals surface area contributed by atoms with Crippen LogP contribution in [0.3, 0.4) is 0 Å². The van der Waals surface area contributed by atoms with Crippen LogP contribution in [0.1, 0.15) is 64.4 Å². The number of hydrogen-bond donors (Lipinski definition) is 0. The molecule has 2 amide bonds. The molecule has 194 valence electrons. The van der Waals surface area contributed by atoms with Crippen LogP contribution < -0.4 is 9.47 Å². The predicted molar refractivity (Wildman–Crippen MR) is 132 cm³/mol. The van der Waals surface area contributed by atoms with Crippen LogP contribution in [-0.4, -0.2) is 54.6 Å². The summed E-state index contributed by atoms with van der Waals surface area (Å²) in [5, 5.41) is 0. The highest BCUT2D eigenvalue weighted by molar-refractivity contribution is 5.92. The molecule has 0 spiro atoms. The van der Waals surface area contributed by atoms with E-state index in [-0.39, 0.29) is 43.0 Å². The van der Waals surface area contributed by atoms with Crippen molar-refractivity contribution in [2.75, 3.05) is 27.0 Å². The first-order valence-corrected chi connectivity index (χ1v) is 13.0. The molecule has 36 heavy (non-hydrogen) atoms. The van der Waals surface area contributed by atoms with Gasteiger partial charge in [-0.05, 0) is 61.6 Å². The van der Waals surface area contributed by atoms with E-state index in [0.29, 0.717) is 30.0 Å². The SMILES string of the molecule is COC(=O)[C@@]12C[C@@H](CC(=O)N3CCCCC3)C(=O)N(Cc3ccc4c(c3)OCO4)C1=CCC(C)(C)C2. The summed E-state index contributed by atoms with van der Waals surface area (Å²) < 4.78 is 16.3. The summed E-state index contributed by atoms with van der Waals surface area (Å²) >= 11 is 0. The summed E-state index contributed by atoms with van der Waals surface area (Å²) in [6, 6.07) is 5.64. The molecule has 1 aromatic rings. The Bertz CT molecular complexity index is 1090. The summed E-state index contributed by atoms with van der Waals surface area (Å²) in [4.78, 5) is 44.3. The number of methoxy groups -OCH3 is 1. The first kappa shape index (κ1) is 24.7. The second-order valence-corrected chi connectivity index (χ2v) is 11.4. The lowest BCUT2D eigenvalue weighted by Gasteiger charge is -2.51.